The first kappa shape index (κ1) is 15.7. The highest BCUT2D eigenvalue weighted by atomic mass is 16.6. The number of benzene rings is 2. The van der Waals surface area contributed by atoms with Crippen molar-refractivity contribution in [3.8, 4) is 5.75 Å². The zero-order chi connectivity index (χ0) is 17.3. The molecule has 0 aromatic heterocycles. The lowest BCUT2D eigenvalue weighted by atomic mass is 9.94. The molecule has 0 aliphatic carbocycles. The van der Waals surface area contributed by atoms with E-state index in [1.807, 2.05) is 0 Å². The van der Waals surface area contributed by atoms with Crippen molar-refractivity contribution in [2.24, 2.45) is 0 Å². The predicted molar refractivity (Wildman–Crippen MR) is 83.0 cm³/mol. The van der Waals surface area contributed by atoms with Gasteiger partial charge in [0.2, 0.25) is 0 Å². The minimum Gasteiger partial charge on any atom is -0.477 e. The van der Waals surface area contributed by atoms with Gasteiger partial charge in [0.1, 0.15) is 5.75 Å². The monoisotopic (exact) mass is 327 g/mol. The van der Waals surface area contributed by atoms with Crippen molar-refractivity contribution in [3.63, 3.8) is 0 Å². The van der Waals surface area contributed by atoms with Crippen LogP contribution in [0.15, 0.2) is 42.5 Å². The van der Waals surface area contributed by atoms with Gasteiger partial charge in [-0.25, -0.2) is 4.79 Å². The molecule has 0 saturated heterocycles. The van der Waals surface area contributed by atoms with Gasteiger partial charge in [-0.05, 0) is 24.3 Å². The van der Waals surface area contributed by atoms with Crippen LogP contribution in [0.1, 0.15) is 27.6 Å². The molecule has 0 bridgehead atoms. The Labute approximate surface area is 137 Å². The molecule has 0 N–H and O–H groups in total. The number of Topliss-reactive ketones (excluding diaryl/α,β-unsaturated/α-hetero) is 1. The standard InChI is InChI=1S/C17H13NO6/c1-23-17(20)10-6-7-15-11(8-10)9-14(19)16(24-15)12-4-2-3-5-13(12)18(21)22/h2-8,16H,9H2,1H3. The van der Waals surface area contributed by atoms with E-state index in [1.165, 1.54) is 37.4 Å². The van der Waals surface area contributed by atoms with Gasteiger partial charge in [-0.15, -0.1) is 0 Å². The van der Waals surface area contributed by atoms with Crippen LogP contribution in [0.25, 0.3) is 0 Å². The van der Waals surface area contributed by atoms with Crippen molar-refractivity contribution in [2.75, 3.05) is 7.11 Å². The second-order valence-electron chi connectivity index (χ2n) is 5.27. The molecule has 0 spiro atoms. The first-order valence-electron chi connectivity index (χ1n) is 7.15. The fourth-order valence-corrected chi connectivity index (χ4v) is 2.66. The van der Waals surface area contributed by atoms with E-state index in [-0.39, 0.29) is 23.5 Å². The number of ketones is 1. The van der Waals surface area contributed by atoms with Crippen LogP contribution in [-0.2, 0) is 16.0 Å². The molecule has 24 heavy (non-hydrogen) atoms. The van der Waals surface area contributed by atoms with E-state index < -0.39 is 17.0 Å². The zero-order valence-corrected chi connectivity index (χ0v) is 12.7. The van der Waals surface area contributed by atoms with E-state index in [9.17, 15) is 19.7 Å². The maximum atomic E-state index is 12.4. The number of methoxy groups -OCH3 is 1. The quantitative estimate of drug-likeness (QED) is 0.488. The highest BCUT2D eigenvalue weighted by molar-refractivity contribution is 5.93. The Bertz CT molecular complexity index is 845. The maximum Gasteiger partial charge on any atom is 0.337 e. The average molecular weight is 327 g/mol. The third-order valence-corrected chi connectivity index (χ3v) is 3.80. The Morgan fingerprint density at radius 2 is 2.04 bits per heavy atom. The average Bonchev–Trinajstić information content (AvgIpc) is 2.59. The minimum absolute atomic E-state index is 0.0247. The second kappa shape index (κ2) is 6.11. The molecule has 1 heterocycles. The van der Waals surface area contributed by atoms with Crippen molar-refractivity contribution in [1.82, 2.24) is 0 Å². The smallest absolute Gasteiger partial charge is 0.337 e. The Morgan fingerprint density at radius 3 is 2.75 bits per heavy atom. The second-order valence-corrected chi connectivity index (χ2v) is 5.27. The molecule has 3 rings (SSSR count). The van der Waals surface area contributed by atoms with E-state index in [0.717, 1.165) is 0 Å². The van der Waals surface area contributed by atoms with Gasteiger partial charge in [0.05, 0.1) is 23.2 Å². The molecule has 7 nitrogen and oxygen atoms in total. The molecule has 1 unspecified atom stereocenters. The van der Waals surface area contributed by atoms with Crippen molar-refractivity contribution in [1.29, 1.82) is 0 Å². The first-order valence-corrected chi connectivity index (χ1v) is 7.15. The van der Waals surface area contributed by atoms with Crippen LogP contribution in [0, 0.1) is 10.1 Å². The first-order chi connectivity index (χ1) is 11.5. The summed E-state index contributed by atoms with van der Waals surface area (Å²) in [5.41, 5.74) is 0.926. The molecule has 1 aliphatic rings. The lowest BCUT2D eigenvalue weighted by Gasteiger charge is -2.25. The summed E-state index contributed by atoms with van der Waals surface area (Å²) in [4.78, 5) is 34.6. The number of esters is 1. The van der Waals surface area contributed by atoms with Crippen LogP contribution in [0.4, 0.5) is 5.69 Å². The number of nitrogens with zero attached hydrogens (tertiary/aromatic N) is 1. The number of nitro benzene ring substituents is 1. The number of hydrogen-bond donors (Lipinski definition) is 0. The van der Waals surface area contributed by atoms with E-state index in [4.69, 9.17) is 4.74 Å². The summed E-state index contributed by atoms with van der Waals surface area (Å²) < 4.78 is 10.3. The molecule has 1 aliphatic heterocycles. The van der Waals surface area contributed by atoms with Crippen LogP contribution >= 0.6 is 0 Å². The van der Waals surface area contributed by atoms with E-state index >= 15 is 0 Å². The lowest BCUT2D eigenvalue weighted by Crippen LogP contribution is -2.26. The molecule has 0 amide bonds. The van der Waals surface area contributed by atoms with Gasteiger partial charge < -0.3 is 9.47 Å². The number of ether oxygens (including phenoxy) is 2. The SMILES string of the molecule is COC(=O)c1ccc2c(c1)CC(=O)C(c1ccccc1[N+](=O)[O-])O2. The minimum atomic E-state index is -1.04. The number of para-hydroxylation sites is 1. The van der Waals surface area contributed by atoms with Crippen LogP contribution in [0.2, 0.25) is 0 Å². The molecular formula is C17H13NO6. The third-order valence-electron chi connectivity index (χ3n) is 3.80. The zero-order valence-electron chi connectivity index (χ0n) is 12.7. The number of carbonyl (C=O) groups excluding carboxylic acids is 2. The summed E-state index contributed by atoms with van der Waals surface area (Å²) in [6.07, 6.45) is -1.01. The predicted octanol–water partition coefficient (Wildman–Crippen LogP) is 2.63. The van der Waals surface area contributed by atoms with Gasteiger partial charge in [0.15, 0.2) is 11.9 Å². The van der Waals surface area contributed by atoms with Gasteiger partial charge in [-0.1, -0.05) is 12.1 Å². The van der Waals surface area contributed by atoms with Gasteiger partial charge >= 0.3 is 5.97 Å². The molecule has 0 fully saturated rings. The Morgan fingerprint density at radius 1 is 1.29 bits per heavy atom. The Balaban J connectivity index is 1.98. The van der Waals surface area contributed by atoms with Crippen LogP contribution in [0.3, 0.4) is 0 Å². The largest absolute Gasteiger partial charge is 0.477 e. The highest BCUT2D eigenvalue weighted by Gasteiger charge is 2.34. The maximum absolute atomic E-state index is 12.4. The van der Waals surface area contributed by atoms with Crippen molar-refractivity contribution in [3.05, 3.63) is 69.3 Å². The Kier molecular flexibility index (Phi) is 3.99. The number of rotatable bonds is 3. The molecule has 2 aromatic rings. The van der Waals surface area contributed by atoms with E-state index in [1.54, 1.807) is 12.1 Å². The van der Waals surface area contributed by atoms with Crippen LogP contribution in [-0.4, -0.2) is 23.8 Å². The van der Waals surface area contributed by atoms with Crippen LogP contribution < -0.4 is 4.74 Å². The summed E-state index contributed by atoms with van der Waals surface area (Å²) in [5, 5.41) is 11.2. The number of nitro groups is 1. The van der Waals surface area contributed by atoms with Crippen molar-refractivity contribution >= 4 is 17.4 Å². The molecule has 7 heteroatoms. The summed E-state index contributed by atoms with van der Waals surface area (Å²) in [6, 6.07) is 10.6. The van der Waals surface area contributed by atoms with Gasteiger partial charge in [0.25, 0.3) is 5.69 Å². The summed E-state index contributed by atoms with van der Waals surface area (Å²) in [5.74, 6) is -0.393. The third kappa shape index (κ3) is 2.71. The topological polar surface area (TPSA) is 95.7 Å². The van der Waals surface area contributed by atoms with Gasteiger partial charge in [0, 0.05) is 18.1 Å². The van der Waals surface area contributed by atoms with Crippen molar-refractivity contribution < 1.29 is 24.0 Å². The molecule has 2 aromatic carbocycles. The van der Waals surface area contributed by atoms with Gasteiger partial charge in [-0.3, -0.25) is 14.9 Å². The molecule has 122 valence electrons. The number of carbonyl (C=O) groups is 2. The lowest BCUT2D eigenvalue weighted by molar-refractivity contribution is -0.386. The van der Waals surface area contributed by atoms with E-state index in [0.29, 0.717) is 16.9 Å². The number of hydrogen-bond acceptors (Lipinski definition) is 6. The summed E-state index contributed by atoms with van der Waals surface area (Å²) in [7, 11) is 1.27. The fraction of sp³-hybridized carbons (Fsp3) is 0.176. The molecular weight excluding hydrogens is 314 g/mol. The Hall–Kier alpha value is -3.22. The molecule has 1 atom stereocenters. The van der Waals surface area contributed by atoms with E-state index in [2.05, 4.69) is 4.74 Å². The summed E-state index contributed by atoms with van der Waals surface area (Å²) in [6.45, 7) is 0. The van der Waals surface area contributed by atoms with Crippen LogP contribution in [0.5, 0.6) is 5.75 Å². The fourth-order valence-electron chi connectivity index (χ4n) is 2.66. The molecule has 0 saturated carbocycles. The number of fused-ring (bicyclic) bond motifs is 1. The normalized spacial score (nSPS) is 16.0. The molecule has 0 radical (unpaired) electrons. The van der Waals surface area contributed by atoms with Gasteiger partial charge in [-0.2, -0.15) is 0 Å². The summed E-state index contributed by atoms with van der Waals surface area (Å²) >= 11 is 0. The van der Waals surface area contributed by atoms with Crippen molar-refractivity contribution in [2.45, 2.75) is 12.5 Å². The highest BCUT2D eigenvalue weighted by Crippen LogP contribution is 2.36.